The zero-order valence-electron chi connectivity index (χ0n) is 15.6. The normalized spacial score (nSPS) is 11.4. The van der Waals surface area contributed by atoms with E-state index in [-0.39, 0.29) is 22.9 Å². The van der Waals surface area contributed by atoms with Crippen LogP contribution >= 0.6 is 15.9 Å². The van der Waals surface area contributed by atoms with E-state index in [9.17, 15) is 14.7 Å². The summed E-state index contributed by atoms with van der Waals surface area (Å²) in [6.45, 7) is 6.04. The number of phenolic OH excluding ortho intramolecular Hbond substituents is 1. The maximum absolute atomic E-state index is 12.6. The van der Waals surface area contributed by atoms with Gasteiger partial charge in [0, 0.05) is 30.7 Å². The molecular formula is C18H19BrN6O3. The number of aromatic hydroxyl groups is 1. The van der Waals surface area contributed by atoms with Gasteiger partial charge < -0.3 is 5.11 Å². The lowest BCUT2D eigenvalue weighted by molar-refractivity contribution is 0.474. The summed E-state index contributed by atoms with van der Waals surface area (Å²) in [5.74, 6) is 0.350. The van der Waals surface area contributed by atoms with Crippen molar-refractivity contribution in [2.24, 2.45) is 19.2 Å². The van der Waals surface area contributed by atoms with E-state index < -0.39 is 11.2 Å². The summed E-state index contributed by atoms with van der Waals surface area (Å²) in [6.07, 6.45) is 1.43. The number of rotatable bonds is 5. The molecule has 1 aromatic carbocycles. The topological polar surface area (TPSA) is 106 Å². The van der Waals surface area contributed by atoms with Crippen molar-refractivity contribution in [2.45, 2.75) is 13.5 Å². The van der Waals surface area contributed by atoms with Crippen LogP contribution in [0.1, 0.15) is 12.5 Å². The van der Waals surface area contributed by atoms with Crippen LogP contribution in [0, 0.1) is 0 Å². The van der Waals surface area contributed by atoms with Crippen LogP contribution in [0.3, 0.4) is 0 Å². The monoisotopic (exact) mass is 446 g/mol. The summed E-state index contributed by atoms with van der Waals surface area (Å²) in [6, 6.07) is 4.96. The number of aryl methyl sites for hydroxylation is 1. The molecule has 0 bridgehead atoms. The van der Waals surface area contributed by atoms with Crippen LogP contribution in [0.5, 0.6) is 5.75 Å². The summed E-state index contributed by atoms with van der Waals surface area (Å²) in [7, 11) is 2.97. The van der Waals surface area contributed by atoms with Crippen molar-refractivity contribution in [3.8, 4) is 5.75 Å². The van der Waals surface area contributed by atoms with Crippen LogP contribution in [0.4, 0.5) is 5.95 Å². The highest BCUT2D eigenvalue weighted by atomic mass is 79.9. The maximum Gasteiger partial charge on any atom is 0.332 e. The maximum atomic E-state index is 12.6. The SMILES string of the molecule is C=C(C)Cn1c(N/N=C\c2cc(Br)ccc2O)nc2c1c(=O)n(C)c(=O)n2C. The fourth-order valence-corrected chi connectivity index (χ4v) is 3.12. The predicted octanol–water partition coefficient (Wildman–Crippen LogP) is 1.92. The molecule has 9 nitrogen and oxygen atoms in total. The predicted molar refractivity (Wildman–Crippen MR) is 112 cm³/mol. The van der Waals surface area contributed by atoms with Crippen LogP contribution in [-0.2, 0) is 20.6 Å². The van der Waals surface area contributed by atoms with Gasteiger partial charge in [0.05, 0.1) is 6.21 Å². The van der Waals surface area contributed by atoms with Gasteiger partial charge in [-0.05, 0) is 25.1 Å². The Balaban J connectivity index is 2.11. The quantitative estimate of drug-likeness (QED) is 0.353. The number of hydrogen-bond donors (Lipinski definition) is 2. The van der Waals surface area contributed by atoms with E-state index in [1.807, 2.05) is 6.92 Å². The van der Waals surface area contributed by atoms with Crippen molar-refractivity contribution in [2.75, 3.05) is 5.43 Å². The van der Waals surface area contributed by atoms with Gasteiger partial charge in [-0.15, -0.1) is 0 Å². The number of phenols is 1. The van der Waals surface area contributed by atoms with E-state index in [2.05, 4.69) is 38.0 Å². The van der Waals surface area contributed by atoms with Crippen LogP contribution < -0.4 is 16.7 Å². The molecule has 0 aliphatic carbocycles. The average Bonchev–Trinajstić information content (AvgIpc) is 2.99. The minimum absolute atomic E-state index is 0.0699. The number of imidazole rings is 1. The summed E-state index contributed by atoms with van der Waals surface area (Å²) in [5, 5.41) is 14.0. The molecule has 0 spiro atoms. The van der Waals surface area contributed by atoms with Crippen LogP contribution in [0.2, 0.25) is 0 Å². The molecule has 0 amide bonds. The molecule has 3 rings (SSSR count). The molecule has 2 N–H and O–H groups in total. The van der Waals surface area contributed by atoms with Crippen LogP contribution in [0.15, 0.2) is 49.5 Å². The first-order chi connectivity index (χ1) is 13.2. The molecule has 0 atom stereocenters. The lowest BCUT2D eigenvalue weighted by Crippen LogP contribution is -2.37. The standard InChI is InChI=1S/C18H19BrN6O3/c1-10(2)9-25-14-15(23(3)18(28)24(4)16(14)27)21-17(25)22-20-8-11-7-12(19)5-6-13(11)26/h5-8,26H,1,9H2,2-4H3,(H,21,22)/b20-8-. The minimum Gasteiger partial charge on any atom is -0.507 e. The molecule has 0 saturated heterocycles. The Morgan fingerprint density at radius 1 is 1.36 bits per heavy atom. The Labute approximate surface area is 168 Å². The van der Waals surface area contributed by atoms with Gasteiger partial charge in [-0.25, -0.2) is 10.2 Å². The van der Waals surface area contributed by atoms with E-state index in [0.717, 1.165) is 14.6 Å². The summed E-state index contributed by atoms with van der Waals surface area (Å²) in [5.41, 5.74) is 3.68. The van der Waals surface area contributed by atoms with Gasteiger partial charge in [0.25, 0.3) is 5.56 Å². The zero-order chi connectivity index (χ0) is 20.6. The Morgan fingerprint density at radius 2 is 2.07 bits per heavy atom. The number of nitrogens with zero attached hydrogens (tertiary/aromatic N) is 5. The second-order valence-electron chi connectivity index (χ2n) is 6.43. The van der Waals surface area contributed by atoms with Crippen LogP contribution in [0.25, 0.3) is 11.2 Å². The third kappa shape index (κ3) is 3.50. The number of hydrogen-bond acceptors (Lipinski definition) is 6. The van der Waals surface area contributed by atoms with Gasteiger partial charge >= 0.3 is 5.69 Å². The molecule has 0 unspecified atom stereocenters. The number of halogens is 1. The Kier molecular flexibility index (Phi) is 5.23. The lowest BCUT2D eigenvalue weighted by Gasteiger charge is -2.08. The van der Waals surface area contributed by atoms with E-state index in [4.69, 9.17) is 0 Å². The molecule has 0 radical (unpaired) electrons. The Hall–Kier alpha value is -3.14. The lowest BCUT2D eigenvalue weighted by atomic mass is 10.2. The second kappa shape index (κ2) is 7.47. The van der Waals surface area contributed by atoms with Crippen molar-refractivity contribution in [1.82, 2.24) is 18.7 Å². The molecule has 2 heterocycles. The number of hydrazone groups is 1. The number of fused-ring (bicyclic) bond motifs is 1. The average molecular weight is 447 g/mol. The Bertz CT molecular complexity index is 1230. The van der Waals surface area contributed by atoms with Crippen molar-refractivity contribution < 1.29 is 5.11 Å². The molecule has 28 heavy (non-hydrogen) atoms. The molecule has 0 aliphatic rings. The van der Waals surface area contributed by atoms with Crippen molar-refractivity contribution >= 4 is 39.3 Å². The van der Waals surface area contributed by atoms with Crippen molar-refractivity contribution in [3.63, 3.8) is 0 Å². The fourth-order valence-electron chi connectivity index (χ4n) is 2.74. The number of benzene rings is 1. The second-order valence-corrected chi connectivity index (χ2v) is 7.35. The van der Waals surface area contributed by atoms with Gasteiger partial charge in [-0.2, -0.15) is 10.1 Å². The molecule has 3 aromatic rings. The van der Waals surface area contributed by atoms with Crippen LogP contribution in [-0.4, -0.2) is 30.0 Å². The fraction of sp³-hybridized carbons (Fsp3) is 0.222. The van der Waals surface area contributed by atoms with E-state index in [1.54, 1.807) is 29.8 Å². The largest absolute Gasteiger partial charge is 0.507 e. The van der Waals surface area contributed by atoms with E-state index in [1.165, 1.54) is 17.8 Å². The molecule has 0 aliphatic heterocycles. The first-order valence-corrected chi connectivity index (χ1v) is 9.08. The third-order valence-corrected chi connectivity index (χ3v) is 4.63. The third-order valence-electron chi connectivity index (χ3n) is 4.13. The van der Waals surface area contributed by atoms with Gasteiger partial charge in [0.1, 0.15) is 5.75 Å². The highest BCUT2D eigenvalue weighted by molar-refractivity contribution is 9.10. The molecular weight excluding hydrogens is 428 g/mol. The van der Waals surface area contributed by atoms with Crippen molar-refractivity contribution in [1.29, 1.82) is 0 Å². The summed E-state index contributed by atoms with van der Waals surface area (Å²) in [4.78, 5) is 29.2. The van der Waals surface area contributed by atoms with Gasteiger partial charge in [0.15, 0.2) is 11.2 Å². The minimum atomic E-state index is -0.466. The molecule has 0 fully saturated rings. The Morgan fingerprint density at radius 3 is 2.75 bits per heavy atom. The van der Waals surface area contributed by atoms with Gasteiger partial charge in [-0.1, -0.05) is 28.1 Å². The molecule has 0 saturated carbocycles. The van der Waals surface area contributed by atoms with E-state index in [0.29, 0.717) is 12.1 Å². The number of allylic oxidation sites excluding steroid dienone is 1. The highest BCUT2D eigenvalue weighted by Crippen LogP contribution is 2.21. The summed E-state index contributed by atoms with van der Waals surface area (Å²) >= 11 is 3.34. The summed E-state index contributed by atoms with van der Waals surface area (Å²) < 4.78 is 4.75. The number of nitrogens with one attached hydrogen (secondary N) is 1. The van der Waals surface area contributed by atoms with Gasteiger partial charge in [0.2, 0.25) is 5.95 Å². The smallest absolute Gasteiger partial charge is 0.332 e. The molecule has 146 valence electrons. The van der Waals surface area contributed by atoms with Crippen molar-refractivity contribution in [3.05, 3.63) is 61.2 Å². The number of anilines is 1. The first kappa shape index (κ1) is 19.6. The van der Waals surface area contributed by atoms with E-state index >= 15 is 0 Å². The van der Waals surface area contributed by atoms with Gasteiger partial charge in [-0.3, -0.25) is 18.5 Å². The molecule has 10 heteroatoms. The first-order valence-electron chi connectivity index (χ1n) is 8.29. The highest BCUT2D eigenvalue weighted by Gasteiger charge is 2.18. The molecule has 2 aromatic heterocycles. The zero-order valence-corrected chi connectivity index (χ0v) is 17.2. The number of aromatic nitrogens is 4.